The number of rotatable bonds is 2. The third-order valence-corrected chi connectivity index (χ3v) is 8.61. The number of hydrogen-bond donors (Lipinski definition) is 1. The molecule has 0 saturated carbocycles. The Hall–Kier alpha value is -3.33. The van der Waals surface area contributed by atoms with Crippen LogP contribution in [0.1, 0.15) is 31.2 Å². The molecule has 0 aromatic heterocycles. The van der Waals surface area contributed by atoms with Gasteiger partial charge in [-0.05, 0) is 84.7 Å². The van der Waals surface area contributed by atoms with Crippen LogP contribution in [0.3, 0.4) is 0 Å². The zero-order valence-electron chi connectivity index (χ0n) is 19.4. The van der Waals surface area contributed by atoms with E-state index < -0.39 is 23.7 Å². The fourth-order valence-corrected chi connectivity index (χ4v) is 6.67. The maximum absolute atomic E-state index is 13.8. The molecule has 2 aromatic rings. The smallest absolute Gasteiger partial charge is 0.238 e. The van der Waals surface area contributed by atoms with Gasteiger partial charge in [-0.1, -0.05) is 29.8 Å². The highest BCUT2D eigenvalue weighted by Crippen LogP contribution is 2.56. The Morgan fingerprint density at radius 3 is 2.39 bits per heavy atom. The molecule has 1 saturated heterocycles. The first kappa shape index (κ1) is 23.1. The van der Waals surface area contributed by atoms with Gasteiger partial charge in [-0.25, -0.2) is 0 Å². The molecule has 2 amide bonds. The third kappa shape index (κ3) is 3.28. The van der Waals surface area contributed by atoms with Gasteiger partial charge in [0.2, 0.25) is 11.8 Å². The molecule has 0 spiro atoms. The Balaban J connectivity index is 1.49. The van der Waals surface area contributed by atoms with Crippen LogP contribution >= 0.6 is 22.6 Å². The Morgan fingerprint density at radius 2 is 1.67 bits per heavy atom. The molecule has 6 rings (SSSR count). The summed E-state index contributed by atoms with van der Waals surface area (Å²) in [5.74, 6) is -3.15. The number of hydrogen-bond acceptors (Lipinski definition) is 5. The van der Waals surface area contributed by atoms with Gasteiger partial charge < -0.3 is 5.11 Å². The molecule has 36 heavy (non-hydrogen) atoms. The molecule has 0 bridgehead atoms. The number of nitrogens with zero attached hydrogens (tertiary/aromatic N) is 1. The number of carbonyl (C=O) groups is 4. The molecule has 0 unspecified atom stereocenters. The van der Waals surface area contributed by atoms with Crippen molar-refractivity contribution in [2.24, 2.45) is 17.8 Å². The lowest BCUT2D eigenvalue weighted by molar-refractivity contribution is -0.123. The second kappa shape index (κ2) is 8.37. The third-order valence-electron chi connectivity index (χ3n) is 7.89. The van der Waals surface area contributed by atoms with Crippen molar-refractivity contribution in [2.75, 3.05) is 4.90 Å². The van der Waals surface area contributed by atoms with E-state index in [9.17, 15) is 24.3 Å². The number of imide groups is 1. The van der Waals surface area contributed by atoms with Crippen molar-refractivity contribution in [3.05, 3.63) is 92.1 Å². The van der Waals surface area contributed by atoms with E-state index in [0.29, 0.717) is 34.4 Å². The van der Waals surface area contributed by atoms with Crippen molar-refractivity contribution >= 4 is 51.7 Å². The summed E-state index contributed by atoms with van der Waals surface area (Å²) in [7, 11) is 0. The summed E-state index contributed by atoms with van der Waals surface area (Å²) in [5.41, 5.74) is 3.03. The van der Waals surface area contributed by atoms with Crippen molar-refractivity contribution < 1.29 is 24.3 Å². The van der Waals surface area contributed by atoms with E-state index >= 15 is 0 Å². The lowest BCUT2D eigenvalue weighted by atomic mass is 9.59. The molecule has 1 aliphatic heterocycles. The van der Waals surface area contributed by atoms with Gasteiger partial charge in [-0.15, -0.1) is 0 Å². The van der Waals surface area contributed by atoms with E-state index in [2.05, 4.69) is 22.6 Å². The lowest BCUT2D eigenvalue weighted by Gasteiger charge is -2.42. The molecule has 2 aromatic carbocycles. The van der Waals surface area contributed by atoms with Gasteiger partial charge in [0, 0.05) is 31.8 Å². The average molecular weight is 591 g/mol. The number of para-hydroxylation sites is 1. The van der Waals surface area contributed by atoms with Crippen molar-refractivity contribution in [1.29, 1.82) is 0 Å². The van der Waals surface area contributed by atoms with E-state index in [1.807, 2.05) is 18.2 Å². The fraction of sp³-hybridized carbons (Fsp3) is 0.241. The molecule has 0 radical (unpaired) electrons. The zero-order valence-corrected chi connectivity index (χ0v) is 21.6. The summed E-state index contributed by atoms with van der Waals surface area (Å²) in [6, 6.07) is 14.1. The number of amides is 2. The lowest BCUT2D eigenvalue weighted by Crippen LogP contribution is -2.39. The van der Waals surface area contributed by atoms with Crippen LogP contribution in [0, 0.1) is 21.3 Å². The summed E-state index contributed by atoms with van der Waals surface area (Å²) in [6.45, 7) is 1.62. The number of halogens is 1. The first-order valence-electron chi connectivity index (χ1n) is 11.9. The number of allylic oxidation sites excluding steroid dienone is 6. The highest BCUT2D eigenvalue weighted by molar-refractivity contribution is 14.1. The molecule has 4 aliphatic rings. The molecule has 1 fully saturated rings. The van der Waals surface area contributed by atoms with Crippen LogP contribution in [0.4, 0.5) is 5.69 Å². The van der Waals surface area contributed by atoms with Gasteiger partial charge in [0.05, 0.1) is 17.5 Å². The molecule has 4 atom stereocenters. The van der Waals surface area contributed by atoms with Crippen LogP contribution in [-0.2, 0) is 19.2 Å². The number of aromatic hydroxyl groups is 1. The van der Waals surface area contributed by atoms with E-state index in [-0.39, 0.29) is 35.6 Å². The van der Waals surface area contributed by atoms with Gasteiger partial charge >= 0.3 is 0 Å². The molecule has 3 aliphatic carbocycles. The minimum atomic E-state index is -0.642. The molecular weight excluding hydrogens is 569 g/mol. The summed E-state index contributed by atoms with van der Waals surface area (Å²) in [5, 5.41) is 10.8. The molecule has 6 nitrogen and oxygen atoms in total. The number of benzene rings is 2. The quantitative estimate of drug-likeness (QED) is 0.238. The minimum absolute atomic E-state index is 0.0267. The van der Waals surface area contributed by atoms with Crippen LogP contribution in [0.5, 0.6) is 5.75 Å². The van der Waals surface area contributed by atoms with Gasteiger partial charge in [0.15, 0.2) is 11.6 Å². The molecule has 1 heterocycles. The highest BCUT2D eigenvalue weighted by Gasteiger charge is 2.56. The van der Waals surface area contributed by atoms with Gasteiger partial charge in [0.1, 0.15) is 5.75 Å². The number of fused-ring (bicyclic) bond motifs is 3. The second-order valence-electron chi connectivity index (χ2n) is 9.78. The van der Waals surface area contributed by atoms with E-state index in [1.165, 1.54) is 11.0 Å². The molecule has 1 N–H and O–H groups in total. The highest BCUT2D eigenvalue weighted by atomic mass is 127. The van der Waals surface area contributed by atoms with Crippen LogP contribution in [0.15, 0.2) is 83.0 Å². The van der Waals surface area contributed by atoms with Gasteiger partial charge in [-0.2, -0.15) is 0 Å². The predicted molar refractivity (Wildman–Crippen MR) is 141 cm³/mol. The SMILES string of the molecule is CC1=CC(=O)C2=C(C[C@@H]3C(=CC[C@@H]4C(=O)N(c5ccc(I)cc5)C(=O)[C@@H]43)[C@@H]2c2ccccc2O)C1=O. The molecule has 180 valence electrons. The summed E-state index contributed by atoms with van der Waals surface area (Å²) >= 11 is 2.17. The number of ketones is 2. The maximum Gasteiger partial charge on any atom is 0.238 e. The molecule has 7 heteroatoms. The molecular formula is C29H22INO5. The number of carbonyl (C=O) groups excluding carboxylic acids is 4. The van der Waals surface area contributed by atoms with Gasteiger partial charge in [-0.3, -0.25) is 24.1 Å². The Bertz CT molecular complexity index is 1460. The fourth-order valence-electron chi connectivity index (χ4n) is 6.31. The van der Waals surface area contributed by atoms with E-state index in [0.717, 1.165) is 9.14 Å². The van der Waals surface area contributed by atoms with Crippen molar-refractivity contribution in [3.8, 4) is 5.75 Å². The van der Waals surface area contributed by atoms with E-state index in [1.54, 1.807) is 43.3 Å². The van der Waals surface area contributed by atoms with Crippen molar-refractivity contribution in [2.45, 2.75) is 25.7 Å². The summed E-state index contributed by atoms with van der Waals surface area (Å²) in [4.78, 5) is 55.1. The monoisotopic (exact) mass is 591 g/mol. The Morgan fingerprint density at radius 1 is 0.944 bits per heavy atom. The van der Waals surface area contributed by atoms with Crippen LogP contribution in [-0.4, -0.2) is 28.5 Å². The zero-order chi connectivity index (χ0) is 25.3. The Labute approximate surface area is 221 Å². The topological polar surface area (TPSA) is 91.8 Å². The second-order valence-corrected chi connectivity index (χ2v) is 11.0. The first-order chi connectivity index (χ1) is 17.3. The first-order valence-corrected chi connectivity index (χ1v) is 13.0. The summed E-state index contributed by atoms with van der Waals surface area (Å²) in [6.07, 6.45) is 3.91. The number of Topliss-reactive ketones (excluding diaryl/α,β-unsaturated/α-hetero) is 1. The van der Waals surface area contributed by atoms with E-state index in [4.69, 9.17) is 0 Å². The maximum atomic E-state index is 13.8. The number of phenols is 1. The van der Waals surface area contributed by atoms with Crippen LogP contribution in [0.25, 0.3) is 0 Å². The predicted octanol–water partition coefficient (Wildman–Crippen LogP) is 4.63. The summed E-state index contributed by atoms with van der Waals surface area (Å²) < 4.78 is 0.998. The normalized spacial score (nSPS) is 27.4. The Kier molecular flexibility index (Phi) is 5.37. The number of anilines is 1. The van der Waals surface area contributed by atoms with Crippen LogP contribution < -0.4 is 4.90 Å². The van der Waals surface area contributed by atoms with Crippen molar-refractivity contribution in [3.63, 3.8) is 0 Å². The standard InChI is InChI=1S/C29H22INO5/c1-14-12-23(33)26-21(27(14)34)13-20-17(24(26)18-4-2-3-5-22(18)32)10-11-19-25(20)29(36)31(28(19)35)16-8-6-15(30)7-9-16/h2-10,12,19-20,24-25,32H,11,13H2,1H3/t19-,20+,24+,25-/m0/s1. The van der Waals surface area contributed by atoms with Crippen LogP contribution in [0.2, 0.25) is 0 Å². The van der Waals surface area contributed by atoms with Gasteiger partial charge in [0.25, 0.3) is 0 Å². The number of phenolic OH excluding ortho intramolecular Hbond substituents is 1. The largest absolute Gasteiger partial charge is 0.508 e. The average Bonchev–Trinajstić information content (AvgIpc) is 3.12. The minimum Gasteiger partial charge on any atom is -0.508 e. The van der Waals surface area contributed by atoms with Crippen molar-refractivity contribution in [1.82, 2.24) is 0 Å².